The smallest absolute Gasteiger partial charge is 0.318 e. The summed E-state index contributed by atoms with van der Waals surface area (Å²) in [7, 11) is 2.17. The fourth-order valence-electron chi connectivity index (χ4n) is 7.51. The molecule has 11 nitrogen and oxygen atoms in total. The molecule has 44 heavy (non-hydrogen) atoms. The van der Waals surface area contributed by atoms with Crippen LogP contribution in [-0.4, -0.2) is 89.7 Å². The Hall–Kier alpha value is -3.46. The molecule has 4 aliphatic rings. The monoisotopic (exact) mass is 599 g/mol. The number of aromatic nitrogens is 4. The minimum absolute atomic E-state index is 0.000485. The fourth-order valence-corrected chi connectivity index (χ4v) is 7.51. The molecular weight excluding hydrogens is 554 g/mol. The molecule has 0 radical (unpaired) electrons. The molecule has 2 aromatic heterocycles. The van der Waals surface area contributed by atoms with Crippen LogP contribution in [0.4, 0.5) is 11.5 Å². The number of ether oxygens (including phenoxy) is 2. The molecule has 7 rings (SSSR count). The van der Waals surface area contributed by atoms with Gasteiger partial charge in [-0.2, -0.15) is 20.3 Å². The Balaban J connectivity index is 1.23. The van der Waals surface area contributed by atoms with E-state index < -0.39 is 0 Å². The molecule has 3 atom stereocenters. The predicted octanol–water partition coefficient (Wildman–Crippen LogP) is 3.95. The van der Waals surface area contributed by atoms with Crippen molar-refractivity contribution in [2.45, 2.75) is 83.1 Å². The zero-order valence-corrected chi connectivity index (χ0v) is 26.2. The van der Waals surface area contributed by atoms with Crippen LogP contribution < -0.4 is 19.9 Å². The summed E-state index contributed by atoms with van der Waals surface area (Å²) in [5.41, 5.74) is 5.84. The third kappa shape index (κ3) is 5.83. The average Bonchev–Trinajstić information content (AvgIpc) is 3.60. The van der Waals surface area contributed by atoms with Crippen LogP contribution in [0.1, 0.15) is 68.0 Å². The van der Waals surface area contributed by atoms with Crippen molar-refractivity contribution >= 4 is 22.4 Å². The van der Waals surface area contributed by atoms with Crippen molar-refractivity contribution in [1.29, 1.82) is 5.26 Å². The third-order valence-corrected chi connectivity index (χ3v) is 9.91. The Morgan fingerprint density at radius 3 is 2.84 bits per heavy atom. The zero-order valence-electron chi connectivity index (χ0n) is 26.2. The second-order valence-corrected chi connectivity index (χ2v) is 12.9. The van der Waals surface area contributed by atoms with Crippen molar-refractivity contribution in [1.82, 2.24) is 30.0 Å². The molecule has 0 aliphatic carbocycles. The Bertz CT molecular complexity index is 1510. The number of likely N-dealkylation sites (N-methyl/N-ethyl adjacent to an activating group) is 1. The number of rotatable bonds is 7. The normalized spacial score (nSPS) is 24.7. The van der Waals surface area contributed by atoms with Gasteiger partial charge in [0.05, 0.1) is 42.1 Å². The van der Waals surface area contributed by atoms with Crippen LogP contribution in [-0.2, 0) is 17.7 Å². The molecule has 3 saturated heterocycles. The van der Waals surface area contributed by atoms with Gasteiger partial charge in [-0.05, 0) is 77.1 Å². The van der Waals surface area contributed by atoms with Crippen molar-refractivity contribution in [3.05, 3.63) is 35.2 Å². The molecule has 0 saturated carbocycles. The summed E-state index contributed by atoms with van der Waals surface area (Å²) in [4.78, 5) is 17.4. The summed E-state index contributed by atoms with van der Waals surface area (Å²) in [5.74, 6) is 0.980. The number of aryl methyl sites for hydroxylation is 1. The van der Waals surface area contributed by atoms with Crippen LogP contribution in [0.5, 0.6) is 6.01 Å². The quantitative estimate of drug-likeness (QED) is 0.429. The van der Waals surface area contributed by atoms with Crippen LogP contribution in [0.15, 0.2) is 18.3 Å². The molecule has 0 spiro atoms. The number of anilines is 2. The van der Waals surface area contributed by atoms with Crippen LogP contribution in [0.2, 0.25) is 0 Å². The molecule has 6 heterocycles. The first-order chi connectivity index (χ1) is 21.6. The number of hydrogen-bond acceptors (Lipinski definition) is 10. The van der Waals surface area contributed by atoms with E-state index in [1.54, 1.807) is 0 Å². The van der Waals surface area contributed by atoms with Crippen LogP contribution in [0.3, 0.4) is 0 Å². The Morgan fingerprint density at radius 2 is 2.02 bits per heavy atom. The maximum atomic E-state index is 9.38. The van der Waals surface area contributed by atoms with Crippen LogP contribution >= 0.6 is 0 Å². The van der Waals surface area contributed by atoms with Crippen molar-refractivity contribution in [2.75, 3.05) is 62.8 Å². The van der Waals surface area contributed by atoms with E-state index in [0.717, 1.165) is 88.5 Å². The number of benzene rings is 1. The molecule has 1 N–H and O–H groups in total. The Morgan fingerprint density at radius 1 is 1.09 bits per heavy atom. The molecular formula is C33H45N9O2. The van der Waals surface area contributed by atoms with Gasteiger partial charge in [-0.15, -0.1) is 0 Å². The van der Waals surface area contributed by atoms with Crippen LogP contribution in [0, 0.1) is 18.3 Å². The van der Waals surface area contributed by atoms with Crippen molar-refractivity contribution in [3.63, 3.8) is 0 Å². The topological polar surface area (TPSA) is 108 Å². The number of nitrogens with zero attached hydrogens (tertiary/aromatic N) is 8. The average molecular weight is 600 g/mol. The lowest BCUT2D eigenvalue weighted by atomic mass is 10.1. The molecule has 1 aromatic carbocycles. The van der Waals surface area contributed by atoms with Crippen molar-refractivity contribution < 1.29 is 9.47 Å². The van der Waals surface area contributed by atoms with E-state index in [9.17, 15) is 5.26 Å². The van der Waals surface area contributed by atoms with E-state index in [2.05, 4.69) is 56.9 Å². The van der Waals surface area contributed by atoms with Crippen molar-refractivity contribution in [2.24, 2.45) is 0 Å². The Kier molecular flexibility index (Phi) is 8.56. The van der Waals surface area contributed by atoms with E-state index in [1.807, 2.05) is 6.20 Å². The minimum atomic E-state index is -0.000485. The highest BCUT2D eigenvalue weighted by molar-refractivity contribution is 5.94. The number of fused-ring (bicyclic) bond motifs is 2. The highest BCUT2D eigenvalue weighted by Gasteiger charge is 2.30. The maximum absolute atomic E-state index is 9.38. The van der Waals surface area contributed by atoms with Crippen molar-refractivity contribution in [3.8, 4) is 12.1 Å². The standard InChI is InChI=1S/C33H45N9O2/c1-23-10-11-29-27(19-36-42(29)30-9-3-4-18-43-30)31(23)40-16-6-8-26-28(21-40)37-33(44-22-25-7-5-15-39(25)2)38-32(26)41-17-14-35-24(20-41)12-13-34/h10-11,19,24-25,30,35H,3-9,12,14-18,20-22H2,1-2H3/t24-,25-,30?/m0/s1. The van der Waals surface area contributed by atoms with E-state index >= 15 is 0 Å². The van der Waals surface area contributed by atoms with Gasteiger partial charge >= 0.3 is 6.01 Å². The van der Waals surface area contributed by atoms with E-state index in [1.165, 1.54) is 35.0 Å². The van der Waals surface area contributed by atoms with E-state index in [0.29, 0.717) is 31.6 Å². The number of nitrogens with one attached hydrogen (secondary N) is 1. The van der Waals surface area contributed by atoms with Gasteiger partial charge in [-0.3, -0.25) is 0 Å². The van der Waals surface area contributed by atoms with Gasteiger partial charge in [0, 0.05) is 55.8 Å². The summed E-state index contributed by atoms with van der Waals surface area (Å²) < 4.78 is 14.6. The first kappa shape index (κ1) is 29.3. The Labute approximate surface area is 260 Å². The lowest BCUT2D eigenvalue weighted by Crippen LogP contribution is -2.51. The molecule has 3 fully saturated rings. The molecule has 11 heteroatoms. The first-order valence-corrected chi connectivity index (χ1v) is 16.5. The van der Waals surface area contributed by atoms with Gasteiger partial charge in [-0.1, -0.05) is 6.07 Å². The number of likely N-dealkylation sites (tertiary alicyclic amines) is 1. The summed E-state index contributed by atoms with van der Waals surface area (Å²) in [5, 5.41) is 18.9. The number of hydrogen-bond donors (Lipinski definition) is 1. The third-order valence-electron chi connectivity index (χ3n) is 9.91. The molecule has 1 unspecified atom stereocenters. The second-order valence-electron chi connectivity index (χ2n) is 12.9. The van der Waals surface area contributed by atoms with Gasteiger partial charge in [0.25, 0.3) is 0 Å². The van der Waals surface area contributed by atoms with Gasteiger partial charge in [0.2, 0.25) is 0 Å². The van der Waals surface area contributed by atoms with E-state index in [4.69, 9.17) is 24.5 Å². The lowest BCUT2D eigenvalue weighted by molar-refractivity contribution is -0.0366. The SMILES string of the molecule is Cc1ccc2c(cnn2C2CCCCO2)c1N1CCCc2c(nc(OC[C@@H]3CCCN3C)nc2N2CCN[C@@H](CC#N)C2)C1. The molecule has 4 aliphatic heterocycles. The van der Waals surface area contributed by atoms with Gasteiger partial charge < -0.3 is 29.5 Å². The number of piperazine rings is 1. The lowest BCUT2D eigenvalue weighted by Gasteiger charge is -2.35. The molecule has 0 bridgehead atoms. The van der Waals surface area contributed by atoms with Gasteiger partial charge in [-0.25, -0.2) is 4.68 Å². The highest BCUT2D eigenvalue weighted by Crippen LogP contribution is 2.37. The zero-order chi connectivity index (χ0) is 30.0. The number of nitriles is 1. The molecule has 3 aromatic rings. The van der Waals surface area contributed by atoms with E-state index in [-0.39, 0.29) is 12.3 Å². The van der Waals surface area contributed by atoms with Gasteiger partial charge in [0.1, 0.15) is 12.4 Å². The predicted molar refractivity (Wildman–Crippen MR) is 170 cm³/mol. The highest BCUT2D eigenvalue weighted by atomic mass is 16.5. The molecule has 0 amide bonds. The summed E-state index contributed by atoms with van der Waals surface area (Å²) in [6.07, 6.45) is 10.0. The summed E-state index contributed by atoms with van der Waals surface area (Å²) >= 11 is 0. The minimum Gasteiger partial charge on any atom is -0.462 e. The maximum Gasteiger partial charge on any atom is 0.318 e. The summed E-state index contributed by atoms with van der Waals surface area (Å²) in [6.45, 7) is 8.73. The first-order valence-electron chi connectivity index (χ1n) is 16.5. The molecule has 234 valence electrons. The fraction of sp³-hybridized carbons (Fsp3) is 0.636. The van der Waals surface area contributed by atoms with Crippen LogP contribution in [0.25, 0.3) is 10.9 Å². The summed E-state index contributed by atoms with van der Waals surface area (Å²) in [6, 6.07) is 7.74. The second kappa shape index (κ2) is 12.9. The largest absolute Gasteiger partial charge is 0.462 e. The van der Waals surface area contributed by atoms with Gasteiger partial charge in [0.15, 0.2) is 6.23 Å².